The molecule has 1 atom stereocenters. The Balaban J connectivity index is 2.38. The van der Waals surface area contributed by atoms with Crippen molar-refractivity contribution in [2.24, 2.45) is 0 Å². The fraction of sp³-hybridized carbons (Fsp3) is 0.889. The normalized spacial score (nSPS) is 25.2. The maximum absolute atomic E-state index is 8.58. The molecule has 2 nitrogen and oxygen atoms in total. The lowest BCUT2D eigenvalue weighted by molar-refractivity contribution is 0.163. The molecule has 1 aliphatic rings. The van der Waals surface area contributed by atoms with Gasteiger partial charge < -0.3 is 0 Å². The minimum Gasteiger partial charge on any atom is -0.288 e. The Labute approximate surface area is 79.1 Å². The molecule has 0 spiro atoms. The van der Waals surface area contributed by atoms with Crippen LogP contribution in [0.3, 0.4) is 0 Å². The van der Waals surface area contributed by atoms with Crippen LogP contribution in [0.5, 0.6) is 0 Å². The number of piperidine rings is 1. The molecule has 1 fully saturated rings. The minimum atomic E-state index is 0.566. The predicted molar refractivity (Wildman–Crippen MR) is 50.2 cm³/mol. The summed E-state index contributed by atoms with van der Waals surface area (Å²) in [4.78, 5) is 2.26. The third kappa shape index (κ3) is 2.66. The van der Waals surface area contributed by atoms with E-state index in [-0.39, 0.29) is 0 Å². The van der Waals surface area contributed by atoms with Crippen LogP contribution in [-0.4, -0.2) is 29.9 Å². The highest BCUT2D eigenvalue weighted by molar-refractivity contribution is 6.17. The number of likely N-dealkylation sites (tertiary alicyclic amines) is 1. The number of alkyl halides is 1. The second kappa shape index (κ2) is 5.40. The summed E-state index contributed by atoms with van der Waals surface area (Å²) >= 11 is 5.69. The molecule has 1 saturated heterocycles. The number of rotatable bonds is 3. The summed E-state index contributed by atoms with van der Waals surface area (Å²) < 4.78 is 0. The number of halogens is 1. The molecule has 0 saturated carbocycles. The Hall–Kier alpha value is -0.260. The van der Waals surface area contributed by atoms with E-state index < -0.39 is 0 Å². The van der Waals surface area contributed by atoms with Gasteiger partial charge in [-0.15, -0.1) is 11.6 Å². The van der Waals surface area contributed by atoms with Gasteiger partial charge in [0, 0.05) is 11.9 Å². The number of nitrogens with zero attached hydrogens (tertiary/aromatic N) is 2. The highest BCUT2D eigenvalue weighted by Crippen LogP contribution is 2.19. The number of hydrogen-bond donors (Lipinski definition) is 0. The van der Waals surface area contributed by atoms with Crippen LogP contribution in [0, 0.1) is 11.3 Å². The Morgan fingerprint density at radius 2 is 2.33 bits per heavy atom. The van der Waals surface area contributed by atoms with Gasteiger partial charge in [-0.1, -0.05) is 6.42 Å². The van der Waals surface area contributed by atoms with Crippen molar-refractivity contribution in [2.75, 3.05) is 19.0 Å². The van der Waals surface area contributed by atoms with Gasteiger partial charge in [0.2, 0.25) is 0 Å². The Bertz CT molecular complexity index is 162. The van der Waals surface area contributed by atoms with Crippen LogP contribution in [0.1, 0.15) is 25.7 Å². The van der Waals surface area contributed by atoms with E-state index in [1.807, 2.05) is 0 Å². The van der Waals surface area contributed by atoms with Crippen LogP contribution in [0.25, 0.3) is 0 Å². The summed E-state index contributed by atoms with van der Waals surface area (Å²) in [5.41, 5.74) is 0. The van der Waals surface area contributed by atoms with Crippen LogP contribution < -0.4 is 0 Å². The van der Waals surface area contributed by atoms with E-state index in [0.29, 0.717) is 18.5 Å². The van der Waals surface area contributed by atoms with Gasteiger partial charge in [-0.2, -0.15) is 5.26 Å². The molecule has 0 aromatic carbocycles. The van der Waals surface area contributed by atoms with E-state index in [1.165, 1.54) is 19.3 Å². The standard InChI is InChI=1S/C9H15ClN2/c10-5-4-9-3-1-2-7-12(9)8-6-11/h9H,1-5,7-8H2. The van der Waals surface area contributed by atoms with Gasteiger partial charge in [0.15, 0.2) is 0 Å². The van der Waals surface area contributed by atoms with Crippen molar-refractivity contribution >= 4 is 11.6 Å². The molecule has 1 unspecified atom stereocenters. The minimum absolute atomic E-state index is 0.566. The zero-order valence-corrected chi connectivity index (χ0v) is 8.06. The highest BCUT2D eigenvalue weighted by atomic mass is 35.5. The predicted octanol–water partition coefficient (Wildman–Crippen LogP) is 1.99. The maximum atomic E-state index is 8.58. The van der Waals surface area contributed by atoms with E-state index in [2.05, 4.69) is 11.0 Å². The van der Waals surface area contributed by atoms with Crippen LogP contribution in [0.15, 0.2) is 0 Å². The molecule has 12 heavy (non-hydrogen) atoms. The molecular weight excluding hydrogens is 172 g/mol. The van der Waals surface area contributed by atoms with Gasteiger partial charge in [0.25, 0.3) is 0 Å². The molecule has 0 bridgehead atoms. The fourth-order valence-electron chi connectivity index (χ4n) is 1.81. The quantitative estimate of drug-likeness (QED) is 0.498. The topological polar surface area (TPSA) is 27.0 Å². The van der Waals surface area contributed by atoms with Crippen molar-refractivity contribution in [1.29, 1.82) is 5.26 Å². The molecule has 0 aromatic rings. The van der Waals surface area contributed by atoms with Crippen molar-refractivity contribution in [1.82, 2.24) is 4.90 Å². The Morgan fingerprint density at radius 3 is 3.00 bits per heavy atom. The van der Waals surface area contributed by atoms with Gasteiger partial charge in [-0.05, 0) is 25.8 Å². The first kappa shape index (κ1) is 9.83. The Morgan fingerprint density at radius 1 is 1.50 bits per heavy atom. The third-order valence-electron chi connectivity index (χ3n) is 2.47. The first-order valence-corrected chi connectivity index (χ1v) is 5.09. The van der Waals surface area contributed by atoms with Gasteiger partial charge >= 0.3 is 0 Å². The van der Waals surface area contributed by atoms with Crippen molar-refractivity contribution in [2.45, 2.75) is 31.7 Å². The molecule has 0 aromatic heterocycles. The lowest BCUT2D eigenvalue weighted by Crippen LogP contribution is -2.39. The van der Waals surface area contributed by atoms with E-state index in [1.54, 1.807) is 0 Å². The molecule has 1 aliphatic heterocycles. The molecule has 0 aliphatic carbocycles. The number of hydrogen-bond acceptors (Lipinski definition) is 2. The lowest BCUT2D eigenvalue weighted by atomic mass is 10.0. The first-order valence-electron chi connectivity index (χ1n) is 4.55. The highest BCUT2D eigenvalue weighted by Gasteiger charge is 2.20. The zero-order chi connectivity index (χ0) is 8.81. The second-order valence-electron chi connectivity index (χ2n) is 3.26. The SMILES string of the molecule is N#CCN1CCCCC1CCCl. The molecule has 3 heteroatoms. The van der Waals surface area contributed by atoms with Gasteiger partial charge in [-0.25, -0.2) is 0 Å². The Kier molecular flexibility index (Phi) is 4.42. The van der Waals surface area contributed by atoms with E-state index in [9.17, 15) is 0 Å². The molecule has 0 amide bonds. The monoisotopic (exact) mass is 186 g/mol. The molecule has 0 radical (unpaired) electrons. The van der Waals surface area contributed by atoms with Crippen LogP contribution in [0.2, 0.25) is 0 Å². The van der Waals surface area contributed by atoms with Crippen molar-refractivity contribution in [3.63, 3.8) is 0 Å². The summed E-state index contributed by atoms with van der Waals surface area (Å²) in [7, 11) is 0. The third-order valence-corrected chi connectivity index (χ3v) is 2.68. The second-order valence-corrected chi connectivity index (χ2v) is 3.63. The summed E-state index contributed by atoms with van der Waals surface area (Å²) in [6.07, 6.45) is 4.78. The van der Waals surface area contributed by atoms with Crippen LogP contribution in [-0.2, 0) is 0 Å². The van der Waals surface area contributed by atoms with Crippen LogP contribution in [0.4, 0.5) is 0 Å². The van der Waals surface area contributed by atoms with Crippen LogP contribution >= 0.6 is 11.6 Å². The molecule has 68 valence electrons. The summed E-state index contributed by atoms with van der Waals surface area (Å²) in [6, 6.07) is 2.77. The lowest BCUT2D eigenvalue weighted by Gasteiger charge is -2.33. The van der Waals surface area contributed by atoms with E-state index in [4.69, 9.17) is 16.9 Å². The number of nitriles is 1. The van der Waals surface area contributed by atoms with Crippen molar-refractivity contribution in [3.05, 3.63) is 0 Å². The van der Waals surface area contributed by atoms with Crippen molar-refractivity contribution in [3.8, 4) is 6.07 Å². The van der Waals surface area contributed by atoms with E-state index in [0.717, 1.165) is 13.0 Å². The molecule has 1 rings (SSSR count). The first-order chi connectivity index (χ1) is 5.88. The van der Waals surface area contributed by atoms with Gasteiger partial charge in [0.05, 0.1) is 12.6 Å². The average Bonchev–Trinajstić information content (AvgIpc) is 2.09. The largest absolute Gasteiger partial charge is 0.288 e. The maximum Gasteiger partial charge on any atom is 0.0868 e. The molecular formula is C9H15ClN2. The van der Waals surface area contributed by atoms with Crippen molar-refractivity contribution < 1.29 is 0 Å². The average molecular weight is 187 g/mol. The summed E-state index contributed by atoms with van der Waals surface area (Å²) in [5, 5.41) is 8.58. The van der Waals surface area contributed by atoms with E-state index >= 15 is 0 Å². The van der Waals surface area contributed by atoms with Gasteiger partial charge in [0.1, 0.15) is 0 Å². The summed E-state index contributed by atoms with van der Waals surface area (Å²) in [5.74, 6) is 0.715. The smallest absolute Gasteiger partial charge is 0.0868 e. The zero-order valence-electron chi connectivity index (χ0n) is 7.30. The van der Waals surface area contributed by atoms with Gasteiger partial charge in [-0.3, -0.25) is 4.90 Å². The summed E-state index contributed by atoms with van der Waals surface area (Å²) in [6.45, 7) is 1.65. The molecule has 1 heterocycles. The fourth-order valence-corrected chi connectivity index (χ4v) is 2.06. The molecule has 0 N–H and O–H groups in total.